The Morgan fingerprint density at radius 3 is 1.44 bits per heavy atom. The van der Waals surface area contributed by atoms with E-state index < -0.39 is 0 Å². The predicted octanol–water partition coefficient (Wildman–Crippen LogP) is 2.43. The molecule has 0 bridgehead atoms. The van der Waals surface area contributed by atoms with Crippen LogP contribution in [0.5, 0.6) is 11.5 Å². The minimum Gasteiger partial charge on any atom is -0.468 e. The fraction of sp³-hybridized carbons (Fsp3) is 0.500. The number of ether oxygens (including phenoxy) is 4. The van der Waals surface area contributed by atoms with Gasteiger partial charge in [0.25, 0.3) is 0 Å². The number of benzene rings is 1. The summed E-state index contributed by atoms with van der Waals surface area (Å²) in [4.78, 5) is 0. The third kappa shape index (κ3) is 5.00. The molecular weight excluding hydrogens is 208 g/mol. The smallest absolute Gasteiger partial charge is 0.189 e. The first-order chi connectivity index (χ1) is 7.86. The molecule has 0 radical (unpaired) electrons. The van der Waals surface area contributed by atoms with Crippen molar-refractivity contribution in [2.45, 2.75) is 13.8 Å². The Labute approximate surface area is 96.1 Å². The third-order valence-corrected chi connectivity index (χ3v) is 1.85. The number of hydrogen-bond acceptors (Lipinski definition) is 4. The highest BCUT2D eigenvalue weighted by Crippen LogP contribution is 2.17. The molecule has 0 saturated carbocycles. The van der Waals surface area contributed by atoms with Gasteiger partial charge in [-0.05, 0) is 38.1 Å². The van der Waals surface area contributed by atoms with Crippen LogP contribution < -0.4 is 9.47 Å². The van der Waals surface area contributed by atoms with Gasteiger partial charge >= 0.3 is 0 Å². The van der Waals surface area contributed by atoms with Gasteiger partial charge in [0.1, 0.15) is 11.5 Å². The summed E-state index contributed by atoms with van der Waals surface area (Å²) in [6, 6.07) is 7.33. The Hall–Kier alpha value is -1.26. The van der Waals surface area contributed by atoms with Crippen LogP contribution in [-0.2, 0) is 9.47 Å². The number of hydrogen-bond donors (Lipinski definition) is 0. The molecule has 0 heterocycles. The van der Waals surface area contributed by atoms with Gasteiger partial charge in [-0.15, -0.1) is 0 Å². The molecule has 16 heavy (non-hydrogen) atoms. The summed E-state index contributed by atoms with van der Waals surface area (Å²) >= 11 is 0. The van der Waals surface area contributed by atoms with Crippen molar-refractivity contribution in [2.24, 2.45) is 0 Å². The summed E-state index contributed by atoms with van der Waals surface area (Å²) in [6.07, 6.45) is 0. The van der Waals surface area contributed by atoms with Crippen molar-refractivity contribution < 1.29 is 18.9 Å². The van der Waals surface area contributed by atoms with E-state index in [1.165, 1.54) is 0 Å². The van der Waals surface area contributed by atoms with E-state index in [4.69, 9.17) is 18.9 Å². The molecule has 4 heteroatoms. The number of rotatable bonds is 8. The maximum Gasteiger partial charge on any atom is 0.189 e. The maximum absolute atomic E-state index is 5.32. The Bertz CT molecular complexity index is 242. The van der Waals surface area contributed by atoms with Crippen LogP contribution in [0.25, 0.3) is 0 Å². The molecule has 0 aliphatic carbocycles. The topological polar surface area (TPSA) is 36.9 Å². The summed E-state index contributed by atoms with van der Waals surface area (Å²) in [6.45, 7) is 5.69. The van der Waals surface area contributed by atoms with Crippen LogP contribution in [0.2, 0.25) is 0 Å². The molecule has 0 spiro atoms. The summed E-state index contributed by atoms with van der Waals surface area (Å²) in [5.74, 6) is 1.52. The highest BCUT2D eigenvalue weighted by molar-refractivity contribution is 5.31. The van der Waals surface area contributed by atoms with E-state index in [2.05, 4.69) is 0 Å². The Balaban J connectivity index is 2.30. The standard InChI is InChI=1S/C12H18O4/c1-3-13-9-15-11-5-7-12(8-6-11)16-10-14-4-2/h5-8H,3-4,9-10H2,1-2H3. The second kappa shape index (κ2) is 7.96. The van der Waals surface area contributed by atoms with E-state index in [-0.39, 0.29) is 13.6 Å². The first-order valence-corrected chi connectivity index (χ1v) is 5.38. The van der Waals surface area contributed by atoms with Gasteiger partial charge in [-0.1, -0.05) is 0 Å². The zero-order valence-electron chi connectivity index (χ0n) is 9.77. The summed E-state index contributed by atoms with van der Waals surface area (Å²) in [5.41, 5.74) is 0. The Morgan fingerprint density at radius 1 is 0.750 bits per heavy atom. The normalized spacial score (nSPS) is 10.1. The lowest BCUT2D eigenvalue weighted by molar-refractivity contribution is 0.0200. The van der Waals surface area contributed by atoms with Crippen molar-refractivity contribution in [3.05, 3.63) is 24.3 Å². The lowest BCUT2D eigenvalue weighted by Crippen LogP contribution is -2.03. The lowest BCUT2D eigenvalue weighted by atomic mass is 10.3. The SMILES string of the molecule is CCOCOc1ccc(OCOCC)cc1. The van der Waals surface area contributed by atoms with E-state index in [9.17, 15) is 0 Å². The molecule has 0 aliphatic rings. The van der Waals surface area contributed by atoms with Crippen molar-refractivity contribution in [3.63, 3.8) is 0 Å². The van der Waals surface area contributed by atoms with Crippen molar-refractivity contribution in [1.29, 1.82) is 0 Å². The summed E-state index contributed by atoms with van der Waals surface area (Å²) in [7, 11) is 0. The van der Waals surface area contributed by atoms with Crippen LogP contribution in [0.3, 0.4) is 0 Å². The fourth-order valence-electron chi connectivity index (χ4n) is 1.02. The molecule has 4 nitrogen and oxygen atoms in total. The molecule has 0 fully saturated rings. The molecule has 0 atom stereocenters. The van der Waals surface area contributed by atoms with E-state index in [1.807, 2.05) is 38.1 Å². The molecular formula is C12H18O4. The van der Waals surface area contributed by atoms with Crippen LogP contribution in [0.4, 0.5) is 0 Å². The van der Waals surface area contributed by atoms with Gasteiger partial charge in [0.05, 0.1) is 0 Å². The van der Waals surface area contributed by atoms with Crippen LogP contribution in [-0.4, -0.2) is 26.8 Å². The minimum absolute atomic E-state index is 0.273. The summed E-state index contributed by atoms with van der Waals surface area (Å²) in [5, 5.41) is 0. The highest BCUT2D eigenvalue weighted by Gasteiger charge is 1.95. The van der Waals surface area contributed by atoms with Gasteiger partial charge in [-0.25, -0.2) is 0 Å². The fourth-order valence-corrected chi connectivity index (χ4v) is 1.02. The predicted molar refractivity (Wildman–Crippen MR) is 60.7 cm³/mol. The minimum atomic E-state index is 0.273. The monoisotopic (exact) mass is 226 g/mol. The van der Waals surface area contributed by atoms with E-state index in [0.29, 0.717) is 13.2 Å². The Morgan fingerprint density at radius 2 is 1.12 bits per heavy atom. The van der Waals surface area contributed by atoms with Gasteiger partial charge in [-0.2, -0.15) is 0 Å². The van der Waals surface area contributed by atoms with E-state index in [0.717, 1.165) is 11.5 Å². The molecule has 1 aromatic rings. The second-order valence-corrected chi connectivity index (χ2v) is 2.98. The molecule has 0 aromatic heterocycles. The molecule has 0 unspecified atom stereocenters. The average molecular weight is 226 g/mol. The molecule has 0 saturated heterocycles. The van der Waals surface area contributed by atoms with Crippen LogP contribution in [0.15, 0.2) is 24.3 Å². The zero-order chi connectivity index (χ0) is 11.6. The third-order valence-electron chi connectivity index (χ3n) is 1.85. The molecule has 1 aromatic carbocycles. The maximum atomic E-state index is 5.32. The zero-order valence-corrected chi connectivity index (χ0v) is 9.77. The van der Waals surface area contributed by atoms with Crippen molar-refractivity contribution in [3.8, 4) is 11.5 Å². The van der Waals surface area contributed by atoms with Crippen LogP contribution in [0, 0.1) is 0 Å². The van der Waals surface area contributed by atoms with Crippen LogP contribution in [0.1, 0.15) is 13.8 Å². The van der Waals surface area contributed by atoms with Gasteiger partial charge in [0.15, 0.2) is 13.6 Å². The second-order valence-electron chi connectivity index (χ2n) is 2.98. The molecule has 1 rings (SSSR count). The molecule has 0 N–H and O–H groups in total. The van der Waals surface area contributed by atoms with E-state index in [1.54, 1.807) is 0 Å². The largest absolute Gasteiger partial charge is 0.468 e. The van der Waals surface area contributed by atoms with Gasteiger partial charge in [-0.3, -0.25) is 0 Å². The van der Waals surface area contributed by atoms with E-state index >= 15 is 0 Å². The summed E-state index contributed by atoms with van der Waals surface area (Å²) < 4.78 is 20.8. The Kier molecular flexibility index (Phi) is 6.37. The molecule has 0 aliphatic heterocycles. The first-order valence-electron chi connectivity index (χ1n) is 5.38. The quantitative estimate of drug-likeness (QED) is 0.504. The van der Waals surface area contributed by atoms with Crippen molar-refractivity contribution >= 4 is 0 Å². The average Bonchev–Trinajstić information content (AvgIpc) is 2.32. The first kappa shape index (κ1) is 12.8. The van der Waals surface area contributed by atoms with Gasteiger partial charge < -0.3 is 18.9 Å². The lowest BCUT2D eigenvalue weighted by Gasteiger charge is -2.08. The van der Waals surface area contributed by atoms with Crippen molar-refractivity contribution in [2.75, 3.05) is 26.8 Å². The highest BCUT2D eigenvalue weighted by atomic mass is 16.7. The van der Waals surface area contributed by atoms with Gasteiger partial charge in [0, 0.05) is 13.2 Å². The van der Waals surface area contributed by atoms with Crippen molar-refractivity contribution in [1.82, 2.24) is 0 Å². The molecule has 90 valence electrons. The van der Waals surface area contributed by atoms with Crippen LogP contribution >= 0.6 is 0 Å². The van der Waals surface area contributed by atoms with Gasteiger partial charge in [0.2, 0.25) is 0 Å². The molecule has 0 amide bonds.